The quantitative estimate of drug-likeness (QED) is 0.643. The molecule has 0 saturated heterocycles. The lowest BCUT2D eigenvalue weighted by Crippen LogP contribution is -2.46. The van der Waals surface area contributed by atoms with E-state index >= 15 is 0 Å². The average molecular weight is 410 g/mol. The van der Waals surface area contributed by atoms with E-state index in [1.165, 1.54) is 0 Å². The topological polar surface area (TPSA) is 87.3 Å². The molecule has 0 heterocycles. The third-order valence-electron chi connectivity index (χ3n) is 5.14. The second-order valence-electron chi connectivity index (χ2n) is 9.04. The molecule has 6 nitrogen and oxygen atoms in total. The molecule has 0 radical (unpaired) electrons. The molecule has 1 aliphatic rings. The van der Waals surface area contributed by atoms with Gasteiger partial charge >= 0.3 is 0 Å². The molecule has 2 rings (SSSR count). The number of rotatable bonds is 7. The lowest BCUT2D eigenvalue weighted by molar-refractivity contribution is 0.0943. The zero-order valence-electron chi connectivity index (χ0n) is 17.7. The SMILES string of the molecule is CC(C)NC(=O)c1ccc(NCC2CCC(NS(=O)(=O)C(C)(C)C)CC2)cc1. The third-order valence-corrected chi connectivity index (χ3v) is 7.39. The molecule has 0 spiro atoms. The molecule has 1 fully saturated rings. The Labute approximate surface area is 169 Å². The molecule has 28 heavy (non-hydrogen) atoms. The number of carbonyl (C=O) groups is 1. The first-order valence-electron chi connectivity index (χ1n) is 10.1. The van der Waals surface area contributed by atoms with Crippen molar-refractivity contribution >= 4 is 21.6 Å². The molecule has 1 aliphatic carbocycles. The van der Waals surface area contributed by atoms with Gasteiger partial charge in [0.15, 0.2) is 0 Å². The Kier molecular flexibility index (Phi) is 7.51. The molecule has 7 heteroatoms. The van der Waals surface area contributed by atoms with Gasteiger partial charge in [-0.05, 0) is 90.5 Å². The highest BCUT2D eigenvalue weighted by Gasteiger charge is 2.32. The largest absolute Gasteiger partial charge is 0.385 e. The van der Waals surface area contributed by atoms with Crippen LogP contribution in [-0.2, 0) is 10.0 Å². The fourth-order valence-electron chi connectivity index (χ4n) is 3.23. The molecule has 158 valence electrons. The van der Waals surface area contributed by atoms with Crippen LogP contribution in [0.1, 0.15) is 70.7 Å². The van der Waals surface area contributed by atoms with Crippen LogP contribution in [0, 0.1) is 5.92 Å². The van der Waals surface area contributed by atoms with Crippen LogP contribution in [0.3, 0.4) is 0 Å². The zero-order valence-corrected chi connectivity index (χ0v) is 18.5. The summed E-state index contributed by atoms with van der Waals surface area (Å²) in [5, 5.41) is 6.32. The van der Waals surface area contributed by atoms with Crippen LogP contribution < -0.4 is 15.4 Å². The van der Waals surface area contributed by atoms with E-state index in [1.54, 1.807) is 20.8 Å². The van der Waals surface area contributed by atoms with E-state index in [0.717, 1.165) is 37.9 Å². The summed E-state index contributed by atoms with van der Waals surface area (Å²) in [6.45, 7) is 9.91. The minimum Gasteiger partial charge on any atom is -0.385 e. The maximum Gasteiger partial charge on any atom is 0.251 e. The van der Waals surface area contributed by atoms with Crippen LogP contribution in [0.5, 0.6) is 0 Å². The molecule has 0 unspecified atom stereocenters. The summed E-state index contributed by atoms with van der Waals surface area (Å²) >= 11 is 0. The number of benzene rings is 1. The Bertz CT molecular complexity index is 744. The van der Waals surface area contributed by atoms with Gasteiger partial charge in [-0.25, -0.2) is 13.1 Å². The van der Waals surface area contributed by atoms with E-state index in [2.05, 4.69) is 15.4 Å². The third kappa shape index (κ3) is 6.48. The van der Waals surface area contributed by atoms with Gasteiger partial charge in [0.25, 0.3) is 5.91 Å². The highest BCUT2D eigenvalue weighted by Crippen LogP contribution is 2.26. The van der Waals surface area contributed by atoms with E-state index in [9.17, 15) is 13.2 Å². The highest BCUT2D eigenvalue weighted by atomic mass is 32.2. The van der Waals surface area contributed by atoms with Gasteiger partial charge in [0.1, 0.15) is 0 Å². The molecular weight excluding hydrogens is 374 g/mol. The molecular formula is C21H35N3O3S. The van der Waals surface area contributed by atoms with E-state index in [1.807, 2.05) is 38.1 Å². The average Bonchev–Trinajstić information content (AvgIpc) is 2.60. The van der Waals surface area contributed by atoms with Crippen LogP contribution in [-0.4, -0.2) is 37.7 Å². The smallest absolute Gasteiger partial charge is 0.251 e. The first kappa shape index (κ1) is 22.7. The Hall–Kier alpha value is -1.60. The summed E-state index contributed by atoms with van der Waals surface area (Å²) < 4.78 is 26.7. The van der Waals surface area contributed by atoms with Crippen molar-refractivity contribution in [2.45, 2.75) is 77.1 Å². The second-order valence-corrected chi connectivity index (χ2v) is 11.5. The first-order chi connectivity index (χ1) is 13.0. The lowest BCUT2D eigenvalue weighted by Gasteiger charge is -2.31. The van der Waals surface area contributed by atoms with E-state index in [0.29, 0.717) is 11.5 Å². The van der Waals surface area contributed by atoms with Crippen molar-refractivity contribution in [2.75, 3.05) is 11.9 Å². The van der Waals surface area contributed by atoms with Gasteiger partial charge < -0.3 is 10.6 Å². The van der Waals surface area contributed by atoms with Gasteiger partial charge in [-0.2, -0.15) is 0 Å². The number of hydrogen-bond donors (Lipinski definition) is 3. The lowest BCUT2D eigenvalue weighted by atomic mass is 9.86. The van der Waals surface area contributed by atoms with Gasteiger partial charge in [-0.3, -0.25) is 4.79 Å². The molecule has 1 amide bonds. The maximum absolute atomic E-state index is 12.3. The maximum atomic E-state index is 12.3. The summed E-state index contributed by atoms with van der Waals surface area (Å²) in [4.78, 5) is 12.0. The minimum atomic E-state index is -3.29. The summed E-state index contributed by atoms with van der Waals surface area (Å²) in [6, 6.07) is 7.68. The van der Waals surface area contributed by atoms with Gasteiger partial charge in [-0.1, -0.05) is 0 Å². The molecule has 0 bridgehead atoms. The fourth-order valence-corrected chi connectivity index (χ4v) is 4.26. The number of nitrogens with one attached hydrogen (secondary N) is 3. The summed E-state index contributed by atoms with van der Waals surface area (Å²) in [5.41, 5.74) is 1.66. The standard InChI is InChI=1S/C21H35N3O3S/c1-15(2)23-20(25)17-8-12-18(13-9-17)22-14-16-6-10-19(11-7-16)24-28(26,27)21(3,4)5/h8-9,12-13,15-16,19,22,24H,6-7,10-11,14H2,1-5H3,(H,23,25). The van der Waals surface area contributed by atoms with Crippen molar-refractivity contribution in [1.82, 2.24) is 10.0 Å². The van der Waals surface area contributed by atoms with Crippen LogP contribution >= 0.6 is 0 Å². The van der Waals surface area contributed by atoms with Gasteiger partial charge in [0, 0.05) is 29.9 Å². The van der Waals surface area contributed by atoms with Gasteiger partial charge in [0.2, 0.25) is 10.0 Å². The Morgan fingerprint density at radius 3 is 2.14 bits per heavy atom. The number of hydrogen-bond acceptors (Lipinski definition) is 4. The fraction of sp³-hybridized carbons (Fsp3) is 0.667. The molecule has 0 atom stereocenters. The Balaban J connectivity index is 1.77. The molecule has 3 N–H and O–H groups in total. The predicted molar refractivity (Wildman–Crippen MR) is 115 cm³/mol. The van der Waals surface area contributed by atoms with Crippen molar-refractivity contribution in [3.8, 4) is 0 Å². The number of sulfonamides is 1. The van der Waals surface area contributed by atoms with Crippen molar-refractivity contribution in [3.05, 3.63) is 29.8 Å². The van der Waals surface area contributed by atoms with Crippen LogP contribution in [0.25, 0.3) is 0 Å². The summed E-state index contributed by atoms with van der Waals surface area (Å²) in [6.07, 6.45) is 3.74. The normalized spacial score (nSPS) is 20.8. The molecule has 1 aromatic carbocycles. The molecule has 1 saturated carbocycles. The van der Waals surface area contributed by atoms with Crippen molar-refractivity contribution in [3.63, 3.8) is 0 Å². The van der Waals surface area contributed by atoms with E-state index < -0.39 is 14.8 Å². The number of anilines is 1. The minimum absolute atomic E-state index is 0.0410. The summed E-state index contributed by atoms with van der Waals surface area (Å²) in [5.74, 6) is 0.469. The highest BCUT2D eigenvalue weighted by molar-refractivity contribution is 7.90. The van der Waals surface area contributed by atoms with Crippen molar-refractivity contribution in [1.29, 1.82) is 0 Å². The van der Waals surface area contributed by atoms with Crippen molar-refractivity contribution < 1.29 is 13.2 Å². The number of carbonyl (C=O) groups excluding carboxylic acids is 1. The van der Waals surface area contributed by atoms with Gasteiger partial charge in [-0.15, -0.1) is 0 Å². The van der Waals surface area contributed by atoms with Gasteiger partial charge in [0.05, 0.1) is 4.75 Å². The molecule has 0 aromatic heterocycles. The Morgan fingerprint density at radius 1 is 1.07 bits per heavy atom. The van der Waals surface area contributed by atoms with E-state index in [-0.39, 0.29) is 18.0 Å². The predicted octanol–water partition coefficient (Wildman–Crippen LogP) is 3.51. The van der Waals surface area contributed by atoms with Crippen LogP contribution in [0.15, 0.2) is 24.3 Å². The van der Waals surface area contributed by atoms with Crippen LogP contribution in [0.4, 0.5) is 5.69 Å². The molecule has 1 aromatic rings. The monoisotopic (exact) mass is 409 g/mol. The van der Waals surface area contributed by atoms with Crippen molar-refractivity contribution in [2.24, 2.45) is 5.92 Å². The van der Waals surface area contributed by atoms with E-state index in [4.69, 9.17) is 0 Å². The summed E-state index contributed by atoms with van der Waals surface area (Å²) in [7, 11) is -3.29. The first-order valence-corrected chi connectivity index (χ1v) is 11.6. The Morgan fingerprint density at radius 2 is 1.64 bits per heavy atom. The van der Waals surface area contributed by atoms with Crippen LogP contribution in [0.2, 0.25) is 0 Å². The zero-order chi connectivity index (χ0) is 20.9. The molecule has 0 aliphatic heterocycles. The number of amides is 1. The second kappa shape index (κ2) is 9.27.